The minimum absolute atomic E-state index is 0.0338. The number of anilines is 2. The van der Waals surface area contributed by atoms with Gasteiger partial charge in [-0.05, 0) is 18.6 Å². The molecule has 0 amide bonds. The van der Waals surface area contributed by atoms with Crippen LogP contribution in [-0.4, -0.2) is 10.2 Å². The third kappa shape index (κ3) is 2.25. The molecule has 0 bridgehead atoms. The maximum atomic E-state index is 6.06. The Balaban J connectivity index is 2.14. The number of hydrogen-bond donors (Lipinski definition) is 2. The molecule has 1 aromatic heterocycles. The topological polar surface area (TPSA) is 77.0 Å². The Labute approximate surface area is 97.6 Å². The van der Waals surface area contributed by atoms with Gasteiger partial charge in [0.05, 0.1) is 6.04 Å². The predicted octanol–water partition coefficient (Wildman–Crippen LogP) is 2.48. The van der Waals surface area contributed by atoms with Crippen molar-refractivity contribution in [1.29, 1.82) is 0 Å². The van der Waals surface area contributed by atoms with Gasteiger partial charge in [0.1, 0.15) is 0 Å². The van der Waals surface area contributed by atoms with Gasteiger partial charge in [-0.25, -0.2) is 0 Å². The summed E-state index contributed by atoms with van der Waals surface area (Å²) in [6.45, 7) is 1.95. The molecule has 0 aliphatic carbocycles. The average Bonchev–Trinajstić information content (AvgIpc) is 2.64. The first-order valence-corrected chi connectivity index (χ1v) is 5.14. The van der Waals surface area contributed by atoms with Gasteiger partial charge in [-0.15, -0.1) is 0 Å². The van der Waals surface area contributed by atoms with Crippen molar-refractivity contribution < 1.29 is 4.42 Å². The van der Waals surface area contributed by atoms with Crippen molar-refractivity contribution >= 4 is 23.6 Å². The van der Waals surface area contributed by atoms with Crippen LogP contribution in [-0.2, 0) is 0 Å². The van der Waals surface area contributed by atoms with E-state index in [1.54, 1.807) is 0 Å². The second-order valence-corrected chi connectivity index (χ2v) is 3.74. The quantitative estimate of drug-likeness (QED) is 0.859. The van der Waals surface area contributed by atoms with E-state index in [-0.39, 0.29) is 18.1 Å². The fourth-order valence-electron chi connectivity index (χ4n) is 1.38. The monoisotopic (exact) mass is 238 g/mol. The maximum Gasteiger partial charge on any atom is 0.317 e. The molecule has 2 aromatic rings. The average molecular weight is 239 g/mol. The van der Waals surface area contributed by atoms with Crippen molar-refractivity contribution in [2.45, 2.75) is 13.0 Å². The van der Waals surface area contributed by atoms with Gasteiger partial charge in [-0.1, -0.05) is 40.0 Å². The molecule has 0 spiro atoms. The number of nitrogens with two attached hydrogens (primary N) is 1. The summed E-state index contributed by atoms with van der Waals surface area (Å²) in [6.07, 6.45) is 0. The smallest absolute Gasteiger partial charge is 0.317 e. The molecular weight excluding hydrogens is 228 g/mol. The number of aromatic nitrogens is 2. The number of halogens is 1. The van der Waals surface area contributed by atoms with Crippen molar-refractivity contribution in [1.82, 2.24) is 10.2 Å². The molecule has 0 aliphatic heterocycles. The van der Waals surface area contributed by atoms with Crippen molar-refractivity contribution in [3.8, 4) is 0 Å². The van der Waals surface area contributed by atoms with E-state index in [9.17, 15) is 0 Å². The molecular formula is C10H11ClN4O. The van der Waals surface area contributed by atoms with Crippen LogP contribution in [0, 0.1) is 0 Å². The summed E-state index contributed by atoms with van der Waals surface area (Å²) in [5.74, 6) is 0. The SMILES string of the molecule is CC(Nc1nnc(N)o1)c1ccccc1Cl. The number of benzene rings is 1. The molecule has 0 fully saturated rings. The Morgan fingerprint density at radius 2 is 2.12 bits per heavy atom. The first-order chi connectivity index (χ1) is 7.66. The molecule has 1 aromatic carbocycles. The summed E-state index contributed by atoms with van der Waals surface area (Å²) >= 11 is 6.06. The lowest BCUT2D eigenvalue weighted by molar-refractivity contribution is 0.578. The number of hydrogen-bond acceptors (Lipinski definition) is 5. The Kier molecular flexibility index (Phi) is 2.96. The Morgan fingerprint density at radius 3 is 2.75 bits per heavy atom. The standard InChI is InChI=1S/C10H11ClN4O/c1-6(7-4-2-3-5-8(7)11)13-10-15-14-9(12)16-10/h2-6H,1H3,(H2,12,14)(H,13,15). The molecule has 16 heavy (non-hydrogen) atoms. The molecule has 1 heterocycles. The van der Waals surface area contributed by atoms with E-state index in [0.717, 1.165) is 5.56 Å². The van der Waals surface area contributed by atoms with Gasteiger partial charge in [0, 0.05) is 5.02 Å². The van der Waals surface area contributed by atoms with Crippen molar-refractivity contribution in [3.63, 3.8) is 0 Å². The normalized spacial score (nSPS) is 12.4. The van der Waals surface area contributed by atoms with Crippen LogP contribution < -0.4 is 11.1 Å². The highest BCUT2D eigenvalue weighted by Gasteiger charge is 2.11. The van der Waals surface area contributed by atoms with Crippen molar-refractivity contribution in [2.75, 3.05) is 11.1 Å². The Morgan fingerprint density at radius 1 is 1.38 bits per heavy atom. The molecule has 6 heteroatoms. The van der Waals surface area contributed by atoms with Crippen molar-refractivity contribution in [2.24, 2.45) is 0 Å². The van der Waals surface area contributed by atoms with Gasteiger partial charge in [-0.3, -0.25) is 0 Å². The van der Waals surface area contributed by atoms with Crippen LogP contribution in [0.25, 0.3) is 0 Å². The molecule has 0 saturated carbocycles. The summed E-state index contributed by atoms with van der Waals surface area (Å²) < 4.78 is 5.02. The second-order valence-electron chi connectivity index (χ2n) is 3.33. The van der Waals surface area contributed by atoms with Crippen LogP contribution in [0.1, 0.15) is 18.5 Å². The van der Waals surface area contributed by atoms with Crippen molar-refractivity contribution in [3.05, 3.63) is 34.9 Å². The molecule has 0 aliphatic rings. The number of nitrogen functional groups attached to an aromatic ring is 1. The predicted molar refractivity (Wildman–Crippen MR) is 62.2 cm³/mol. The molecule has 5 nitrogen and oxygen atoms in total. The highest BCUT2D eigenvalue weighted by Crippen LogP contribution is 2.25. The lowest BCUT2D eigenvalue weighted by Gasteiger charge is -2.13. The summed E-state index contributed by atoms with van der Waals surface area (Å²) in [5, 5.41) is 11.0. The zero-order valence-electron chi connectivity index (χ0n) is 8.64. The van der Waals surface area contributed by atoms with Gasteiger partial charge in [0.15, 0.2) is 0 Å². The minimum Gasteiger partial charge on any atom is -0.390 e. The first kappa shape index (κ1) is 10.8. The molecule has 1 unspecified atom stereocenters. The van der Waals surface area contributed by atoms with Crippen LogP contribution in [0.2, 0.25) is 5.02 Å². The second kappa shape index (κ2) is 4.40. The zero-order valence-corrected chi connectivity index (χ0v) is 9.40. The van der Waals surface area contributed by atoms with Gasteiger partial charge in [-0.2, -0.15) is 0 Å². The zero-order chi connectivity index (χ0) is 11.5. The van der Waals surface area contributed by atoms with Crippen LogP contribution >= 0.6 is 11.6 Å². The van der Waals surface area contributed by atoms with Crippen LogP contribution in [0.4, 0.5) is 12.0 Å². The van der Waals surface area contributed by atoms with Crippen LogP contribution in [0.15, 0.2) is 28.7 Å². The van der Waals surface area contributed by atoms with Crippen LogP contribution in [0.5, 0.6) is 0 Å². The van der Waals surface area contributed by atoms with Crippen LogP contribution in [0.3, 0.4) is 0 Å². The van der Waals surface area contributed by atoms with E-state index < -0.39 is 0 Å². The maximum absolute atomic E-state index is 6.06. The van der Waals surface area contributed by atoms with E-state index >= 15 is 0 Å². The summed E-state index contributed by atoms with van der Waals surface area (Å²) in [7, 11) is 0. The van der Waals surface area contributed by atoms with E-state index in [4.69, 9.17) is 21.8 Å². The molecule has 0 saturated heterocycles. The number of nitrogens with zero attached hydrogens (tertiary/aromatic N) is 2. The highest BCUT2D eigenvalue weighted by atomic mass is 35.5. The number of nitrogens with one attached hydrogen (secondary N) is 1. The summed E-state index contributed by atoms with van der Waals surface area (Å²) in [5.41, 5.74) is 6.28. The molecule has 3 N–H and O–H groups in total. The van der Waals surface area contributed by atoms with Gasteiger partial charge in [0.2, 0.25) is 0 Å². The molecule has 84 valence electrons. The number of rotatable bonds is 3. The van der Waals surface area contributed by atoms with E-state index in [2.05, 4.69) is 15.5 Å². The van der Waals surface area contributed by atoms with Gasteiger partial charge in [0.25, 0.3) is 0 Å². The first-order valence-electron chi connectivity index (χ1n) is 4.77. The largest absolute Gasteiger partial charge is 0.390 e. The Hall–Kier alpha value is -1.75. The third-order valence-corrected chi connectivity index (χ3v) is 2.50. The molecule has 1 atom stereocenters. The fourth-order valence-corrected chi connectivity index (χ4v) is 1.68. The molecule has 0 radical (unpaired) electrons. The van der Waals surface area contributed by atoms with E-state index in [1.807, 2.05) is 31.2 Å². The van der Waals surface area contributed by atoms with E-state index in [1.165, 1.54) is 0 Å². The van der Waals surface area contributed by atoms with Gasteiger partial charge >= 0.3 is 12.0 Å². The summed E-state index contributed by atoms with van der Waals surface area (Å²) in [4.78, 5) is 0. The minimum atomic E-state index is -0.0338. The van der Waals surface area contributed by atoms with Gasteiger partial charge < -0.3 is 15.5 Å². The third-order valence-electron chi connectivity index (χ3n) is 2.15. The fraction of sp³-hybridized carbons (Fsp3) is 0.200. The summed E-state index contributed by atoms with van der Waals surface area (Å²) in [6, 6.07) is 7.84. The van der Waals surface area contributed by atoms with E-state index in [0.29, 0.717) is 5.02 Å². The molecule has 2 rings (SSSR count). The Bertz CT molecular complexity index is 485. The lowest BCUT2D eigenvalue weighted by Crippen LogP contribution is -2.07. The lowest BCUT2D eigenvalue weighted by atomic mass is 10.1. The highest BCUT2D eigenvalue weighted by molar-refractivity contribution is 6.31.